The van der Waals surface area contributed by atoms with Crippen LogP contribution in [0.1, 0.15) is 11.6 Å². The topological polar surface area (TPSA) is 49.9 Å². The average molecular weight is 390 g/mol. The maximum absolute atomic E-state index is 14.4. The van der Waals surface area contributed by atoms with Crippen LogP contribution in [0.2, 0.25) is 0 Å². The van der Waals surface area contributed by atoms with E-state index in [1.54, 1.807) is 67.8 Å². The van der Waals surface area contributed by atoms with Gasteiger partial charge < -0.3 is 4.74 Å². The van der Waals surface area contributed by atoms with Crippen LogP contribution >= 0.6 is 0 Å². The van der Waals surface area contributed by atoms with Gasteiger partial charge in [0.15, 0.2) is 0 Å². The molecule has 0 saturated carbocycles. The fourth-order valence-electron chi connectivity index (χ4n) is 3.53. The first-order valence-corrected chi connectivity index (χ1v) is 9.17. The SMILES string of the molecule is COc1ccc(N2C(=O)CN(c3ccccc3F)C(=O)C2c2ccccc2)cc1. The number of nitrogens with zero attached hydrogens (tertiary/aromatic N) is 2. The third-order valence-corrected chi connectivity index (χ3v) is 4.93. The van der Waals surface area contributed by atoms with Crippen molar-refractivity contribution in [3.63, 3.8) is 0 Å². The van der Waals surface area contributed by atoms with Crippen LogP contribution in [0.4, 0.5) is 15.8 Å². The van der Waals surface area contributed by atoms with Gasteiger partial charge in [-0.15, -0.1) is 0 Å². The molecular weight excluding hydrogens is 371 g/mol. The number of rotatable bonds is 4. The molecule has 6 heteroatoms. The molecule has 1 heterocycles. The molecule has 1 aliphatic rings. The van der Waals surface area contributed by atoms with Crippen molar-refractivity contribution in [3.05, 3.63) is 90.2 Å². The van der Waals surface area contributed by atoms with Gasteiger partial charge in [-0.25, -0.2) is 4.39 Å². The molecule has 0 aliphatic carbocycles. The number of carbonyl (C=O) groups excluding carboxylic acids is 2. The molecule has 1 aliphatic heterocycles. The highest BCUT2D eigenvalue weighted by Crippen LogP contribution is 2.35. The van der Waals surface area contributed by atoms with E-state index >= 15 is 0 Å². The monoisotopic (exact) mass is 390 g/mol. The first kappa shape index (κ1) is 18.7. The Labute approximate surface area is 167 Å². The zero-order chi connectivity index (χ0) is 20.4. The van der Waals surface area contributed by atoms with Crippen LogP contribution in [-0.2, 0) is 9.59 Å². The number of piperazine rings is 1. The standard InChI is InChI=1S/C23H19FN2O3/c1-29-18-13-11-17(12-14-18)26-21(27)15-25(20-10-6-5-9-19(20)24)23(28)22(26)16-7-3-2-4-8-16/h2-14,22H,15H2,1H3. The minimum Gasteiger partial charge on any atom is -0.497 e. The number of carbonyl (C=O) groups is 2. The van der Waals surface area contributed by atoms with Gasteiger partial charge in [-0.05, 0) is 42.0 Å². The van der Waals surface area contributed by atoms with Gasteiger partial charge in [0.05, 0.1) is 12.8 Å². The second-order valence-corrected chi connectivity index (χ2v) is 6.65. The lowest BCUT2D eigenvalue weighted by atomic mass is 9.99. The molecule has 146 valence electrons. The van der Waals surface area contributed by atoms with E-state index in [1.807, 2.05) is 6.07 Å². The lowest BCUT2D eigenvalue weighted by Gasteiger charge is -2.40. The lowest BCUT2D eigenvalue weighted by molar-refractivity contribution is -0.128. The van der Waals surface area contributed by atoms with Crippen molar-refractivity contribution in [1.82, 2.24) is 0 Å². The van der Waals surface area contributed by atoms with E-state index in [0.717, 1.165) is 0 Å². The van der Waals surface area contributed by atoms with Gasteiger partial charge in [-0.2, -0.15) is 0 Å². The minimum absolute atomic E-state index is 0.0983. The van der Waals surface area contributed by atoms with Crippen molar-refractivity contribution in [2.75, 3.05) is 23.5 Å². The number of benzene rings is 3. The molecule has 0 radical (unpaired) electrons. The third-order valence-electron chi connectivity index (χ3n) is 4.93. The number of para-hydroxylation sites is 1. The van der Waals surface area contributed by atoms with Crippen LogP contribution in [0.25, 0.3) is 0 Å². The highest BCUT2D eigenvalue weighted by Gasteiger charge is 2.42. The average Bonchev–Trinajstić information content (AvgIpc) is 2.76. The molecule has 1 atom stereocenters. The summed E-state index contributed by atoms with van der Waals surface area (Å²) in [5, 5.41) is 0. The van der Waals surface area contributed by atoms with Gasteiger partial charge in [0.25, 0.3) is 5.91 Å². The first-order chi connectivity index (χ1) is 14.1. The summed E-state index contributed by atoms with van der Waals surface area (Å²) in [5.41, 5.74) is 1.33. The van der Waals surface area contributed by atoms with Gasteiger partial charge in [0, 0.05) is 5.69 Å². The van der Waals surface area contributed by atoms with E-state index < -0.39 is 11.9 Å². The van der Waals surface area contributed by atoms with E-state index in [1.165, 1.54) is 21.9 Å². The van der Waals surface area contributed by atoms with E-state index in [2.05, 4.69) is 0 Å². The van der Waals surface area contributed by atoms with Crippen molar-refractivity contribution in [2.24, 2.45) is 0 Å². The van der Waals surface area contributed by atoms with E-state index in [4.69, 9.17) is 4.74 Å². The number of hydrogen-bond donors (Lipinski definition) is 0. The van der Waals surface area contributed by atoms with Crippen LogP contribution in [-0.4, -0.2) is 25.5 Å². The lowest BCUT2D eigenvalue weighted by Crippen LogP contribution is -2.56. The predicted octanol–water partition coefficient (Wildman–Crippen LogP) is 3.96. The number of amides is 2. The molecule has 29 heavy (non-hydrogen) atoms. The second kappa shape index (κ2) is 7.75. The van der Waals surface area contributed by atoms with Gasteiger partial charge in [-0.3, -0.25) is 19.4 Å². The second-order valence-electron chi connectivity index (χ2n) is 6.65. The fraction of sp³-hybridized carbons (Fsp3) is 0.130. The highest BCUT2D eigenvalue weighted by atomic mass is 19.1. The molecule has 5 nitrogen and oxygen atoms in total. The van der Waals surface area contributed by atoms with Crippen molar-refractivity contribution in [2.45, 2.75) is 6.04 Å². The normalized spacial score (nSPS) is 16.8. The highest BCUT2D eigenvalue weighted by molar-refractivity contribution is 6.14. The van der Waals surface area contributed by atoms with Gasteiger partial charge in [0.1, 0.15) is 24.2 Å². The molecule has 0 N–H and O–H groups in total. The molecular formula is C23H19FN2O3. The van der Waals surface area contributed by atoms with E-state index in [9.17, 15) is 14.0 Å². The summed E-state index contributed by atoms with van der Waals surface area (Å²) in [6.07, 6.45) is 0. The van der Waals surface area contributed by atoms with Gasteiger partial charge in [-0.1, -0.05) is 42.5 Å². The summed E-state index contributed by atoms with van der Waals surface area (Å²) in [4.78, 5) is 29.3. The Balaban J connectivity index is 1.80. The Hall–Kier alpha value is -3.67. The molecule has 1 fully saturated rings. The Kier molecular flexibility index (Phi) is 4.99. The molecule has 3 aromatic carbocycles. The quantitative estimate of drug-likeness (QED) is 0.678. The largest absolute Gasteiger partial charge is 0.497 e. The van der Waals surface area contributed by atoms with Crippen molar-refractivity contribution in [1.29, 1.82) is 0 Å². The van der Waals surface area contributed by atoms with Gasteiger partial charge >= 0.3 is 0 Å². The molecule has 0 spiro atoms. The number of halogens is 1. The molecule has 4 rings (SSSR count). The van der Waals surface area contributed by atoms with Crippen molar-refractivity contribution in [3.8, 4) is 5.75 Å². The van der Waals surface area contributed by atoms with Crippen LogP contribution < -0.4 is 14.5 Å². The zero-order valence-electron chi connectivity index (χ0n) is 15.8. The summed E-state index contributed by atoms with van der Waals surface area (Å²) < 4.78 is 19.6. The molecule has 1 unspecified atom stereocenters. The molecule has 3 aromatic rings. The van der Waals surface area contributed by atoms with Crippen molar-refractivity contribution >= 4 is 23.2 Å². The molecule has 0 aromatic heterocycles. The summed E-state index contributed by atoms with van der Waals surface area (Å²) >= 11 is 0. The van der Waals surface area contributed by atoms with E-state index in [-0.39, 0.29) is 24.0 Å². The number of ether oxygens (including phenoxy) is 1. The Morgan fingerprint density at radius 2 is 1.55 bits per heavy atom. The summed E-state index contributed by atoms with van der Waals surface area (Å²) in [5.74, 6) is -0.560. The number of methoxy groups -OCH3 is 1. The maximum atomic E-state index is 14.4. The summed E-state index contributed by atoms with van der Waals surface area (Å²) in [6, 6.07) is 21.0. The van der Waals surface area contributed by atoms with Crippen LogP contribution in [0.15, 0.2) is 78.9 Å². The summed E-state index contributed by atoms with van der Waals surface area (Å²) in [6.45, 7) is -0.241. The molecule has 1 saturated heterocycles. The number of anilines is 2. The van der Waals surface area contributed by atoms with Crippen LogP contribution in [0.5, 0.6) is 5.75 Å². The predicted molar refractivity (Wildman–Crippen MR) is 108 cm³/mol. The first-order valence-electron chi connectivity index (χ1n) is 9.17. The smallest absolute Gasteiger partial charge is 0.255 e. The molecule has 0 bridgehead atoms. The van der Waals surface area contributed by atoms with Crippen LogP contribution in [0.3, 0.4) is 0 Å². The van der Waals surface area contributed by atoms with Crippen LogP contribution in [0, 0.1) is 5.82 Å². The summed E-state index contributed by atoms with van der Waals surface area (Å²) in [7, 11) is 1.56. The maximum Gasteiger partial charge on any atom is 0.255 e. The minimum atomic E-state index is -0.898. The third kappa shape index (κ3) is 3.45. The van der Waals surface area contributed by atoms with Gasteiger partial charge in [0.2, 0.25) is 5.91 Å². The number of hydrogen-bond acceptors (Lipinski definition) is 3. The Bertz CT molecular complexity index is 1040. The van der Waals surface area contributed by atoms with Crippen molar-refractivity contribution < 1.29 is 18.7 Å². The molecule has 2 amide bonds. The zero-order valence-corrected chi connectivity index (χ0v) is 15.8. The fourth-order valence-corrected chi connectivity index (χ4v) is 3.53. The van der Waals surface area contributed by atoms with E-state index in [0.29, 0.717) is 17.0 Å². The Morgan fingerprint density at radius 1 is 0.897 bits per heavy atom. The Morgan fingerprint density at radius 3 is 2.21 bits per heavy atom.